The van der Waals surface area contributed by atoms with Gasteiger partial charge >= 0.3 is 0 Å². The molecule has 1 unspecified atom stereocenters. The molecule has 1 heterocycles. The third kappa shape index (κ3) is 5.81. The zero-order chi connectivity index (χ0) is 20.9. The first-order valence-corrected chi connectivity index (χ1v) is 10.1. The highest BCUT2D eigenvalue weighted by Crippen LogP contribution is 2.22. The molecule has 1 aliphatic rings. The van der Waals surface area contributed by atoms with Crippen LogP contribution in [-0.2, 0) is 15.0 Å². The maximum absolute atomic E-state index is 12.6. The van der Waals surface area contributed by atoms with Crippen LogP contribution in [0.25, 0.3) is 0 Å². The van der Waals surface area contributed by atoms with Crippen LogP contribution in [-0.4, -0.2) is 48.3 Å². The molecule has 0 saturated carbocycles. The second-order valence-corrected chi connectivity index (χ2v) is 8.83. The smallest absolute Gasteiger partial charge is 0.251 e. The summed E-state index contributed by atoms with van der Waals surface area (Å²) >= 11 is 0. The van der Waals surface area contributed by atoms with Gasteiger partial charge in [0.25, 0.3) is 5.91 Å². The fourth-order valence-electron chi connectivity index (χ4n) is 3.23. The van der Waals surface area contributed by atoms with Crippen molar-refractivity contribution in [1.82, 2.24) is 15.5 Å². The Balaban J connectivity index is 1.96. The number of carbonyl (C=O) groups excluding carboxylic acids is 3. The molecule has 0 bridgehead atoms. The van der Waals surface area contributed by atoms with Crippen LogP contribution >= 0.6 is 0 Å². The van der Waals surface area contributed by atoms with Crippen LogP contribution in [0.5, 0.6) is 0 Å². The Morgan fingerprint density at radius 3 is 2.11 bits per heavy atom. The van der Waals surface area contributed by atoms with Crippen LogP contribution in [0.4, 0.5) is 0 Å². The predicted molar refractivity (Wildman–Crippen MR) is 110 cm³/mol. The summed E-state index contributed by atoms with van der Waals surface area (Å²) in [5.41, 5.74) is 1.67. The van der Waals surface area contributed by atoms with Gasteiger partial charge in [0, 0.05) is 18.7 Å². The van der Waals surface area contributed by atoms with E-state index in [1.165, 1.54) is 0 Å². The van der Waals surface area contributed by atoms with Crippen molar-refractivity contribution in [3.63, 3.8) is 0 Å². The summed E-state index contributed by atoms with van der Waals surface area (Å²) in [4.78, 5) is 39.1. The van der Waals surface area contributed by atoms with Gasteiger partial charge in [0.15, 0.2) is 0 Å². The molecule has 1 aromatic rings. The standard InChI is InChI=1S/C22H33N3O3/c1-15(2)19(21(28)23-14-18(26)25-12-6-7-13-25)24-20(27)16-8-10-17(11-9-16)22(3,4)5/h8-11,15,19H,6-7,12-14H2,1-5H3,(H,23,28)(H,24,27). The minimum atomic E-state index is -0.693. The van der Waals surface area contributed by atoms with Gasteiger partial charge in [-0.1, -0.05) is 46.8 Å². The van der Waals surface area contributed by atoms with Crippen LogP contribution in [0, 0.1) is 5.92 Å². The third-order valence-corrected chi connectivity index (χ3v) is 5.12. The molecule has 1 aromatic carbocycles. The molecule has 2 rings (SSSR count). The van der Waals surface area contributed by atoms with Crippen molar-refractivity contribution in [3.8, 4) is 0 Å². The van der Waals surface area contributed by atoms with E-state index in [2.05, 4.69) is 31.4 Å². The zero-order valence-corrected chi connectivity index (χ0v) is 17.7. The topological polar surface area (TPSA) is 78.5 Å². The van der Waals surface area contributed by atoms with Gasteiger partial charge in [0.2, 0.25) is 11.8 Å². The van der Waals surface area contributed by atoms with E-state index < -0.39 is 6.04 Å². The first-order chi connectivity index (χ1) is 13.1. The van der Waals surface area contributed by atoms with Gasteiger partial charge in [-0.05, 0) is 41.9 Å². The Hall–Kier alpha value is -2.37. The highest BCUT2D eigenvalue weighted by atomic mass is 16.2. The molecule has 0 aromatic heterocycles. The number of benzene rings is 1. The number of nitrogens with zero attached hydrogens (tertiary/aromatic N) is 1. The van der Waals surface area contributed by atoms with Gasteiger partial charge < -0.3 is 15.5 Å². The monoisotopic (exact) mass is 387 g/mol. The summed E-state index contributed by atoms with van der Waals surface area (Å²) in [5.74, 6) is -0.792. The lowest BCUT2D eigenvalue weighted by atomic mass is 9.86. The van der Waals surface area contributed by atoms with Crippen LogP contribution in [0.2, 0.25) is 0 Å². The van der Waals surface area contributed by atoms with Crippen LogP contribution in [0.1, 0.15) is 63.4 Å². The third-order valence-electron chi connectivity index (χ3n) is 5.12. The number of hydrogen-bond donors (Lipinski definition) is 2. The average Bonchev–Trinajstić information content (AvgIpc) is 3.17. The molecule has 0 radical (unpaired) electrons. The quantitative estimate of drug-likeness (QED) is 0.787. The van der Waals surface area contributed by atoms with E-state index >= 15 is 0 Å². The maximum Gasteiger partial charge on any atom is 0.251 e. The summed E-state index contributed by atoms with van der Waals surface area (Å²) in [5, 5.41) is 5.49. The summed E-state index contributed by atoms with van der Waals surface area (Å²) < 4.78 is 0. The van der Waals surface area contributed by atoms with Gasteiger partial charge in [0.05, 0.1) is 6.54 Å². The first kappa shape index (κ1) is 21.9. The number of carbonyl (C=O) groups is 3. The van der Waals surface area contributed by atoms with Gasteiger partial charge in [0.1, 0.15) is 6.04 Å². The molecule has 6 heteroatoms. The molecule has 0 spiro atoms. The van der Waals surface area contributed by atoms with Crippen LogP contribution < -0.4 is 10.6 Å². The summed E-state index contributed by atoms with van der Waals surface area (Å²) in [6, 6.07) is 6.74. The molecule has 1 aliphatic heterocycles. The Labute approximate surface area is 168 Å². The normalized spacial score (nSPS) is 15.4. The Bertz CT molecular complexity index is 699. The zero-order valence-electron chi connectivity index (χ0n) is 17.7. The number of likely N-dealkylation sites (tertiary alicyclic amines) is 1. The summed E-state index contributed by atoms with van der Waals surface area (Å²) in [6.07, 6.45) is 2.02. The van der Waals surface area contributed by atoms with Crippen molar-refractivity contribution >= 4 is 17.7 Å². The van der Waals surface area contributed by atoms with E-state index in [4.69, 9.17) is 0 Å². The molecule has 1 fully saturated rings. The van der Waals surface area contributed by atoms with Crippen LogP contribution in [0.3, 0.4) is 0 Å². The highest BCUT2D eigenvalue weighted by molar-refractivity contribution is 5.98. The SMILES string of the molecule is CC(C)C(NC(=O)c1ccc(C(C)(C)C)cc1)C(=O)NCC(=O)N1CCCC1. The number of nitrogens with one attached hydrogen (secondary N) is 2. The molecule has 28 heavy (non-hydrogen) atoms. The lowest BCUT2D eigenvalue weighted by molar-refractivity contribution is -0.132. The maximum atomic E-state index is 12.6. The van der Waals surface area contributed by atoms with Gasteiger partial charge in [-0.2, -0.15) is 0 Å². The number of hydrogen-bond acceptors (Lipinski definition) is 3. The van der Waals surface area contributed by atoms with Crippen molar-refractivity contribution in [2.75, 3.05) is 19.6 Å². The van der Waals surface area contributed by atoms with E-state index in [9.17, 15) is 14.4 Å². The summed E-state index contributed by atoms with van der Waals surface area (Å²) in [7, 11) is 0. The minimum Gasteiger partial charge on any atom is -0.345 e. The Kier molecular flexibility index (Phi) is 7.22. The van der Waals surface area contributed by atoms with Crippen molar-refractivity contribution in [2.45, 2.75) is 58.9 Å². The molecule has 3 amide bonds. The predicted octanol–water partition coefficient (Wildman–Crippen LogP) is 2.48. The molecular weight excluding hydrogens is 354 g/mol. The first-order valence-electron chi connectivity index (χ1n) is 10.1. The average molecular weight is 388 g/mol. The fourth-order valence-corrected chi connectivity index (χ4v) is 3.23. The van der Waals surface area contributed by atoms with E-state index in [0.717, 1.165) is 31.5 Å². The van der Waals surface area contributed by atoms with Gasteiger partial charge in [-0.3, -0.25) is 14.4 Å². The number of rotatable bonds is 6. The minimum absolute atomic E-state index is 0.0111. The second kappa shape index (κ2) is 9.22. The highest BCUT2D eigenvalue weighted by Gasteiger charge is 2.26. The molecule has 6 nitrogen and oxygen atoms in total. The molecular formula is C22H33N3O3. The lowest BCUT2D eigenvalue weighted by Crippen LogP contribution is -2.51. The molecule has 2 N–H and O–H groups in total. The molecule has 1 atom stereocenters. The van der Waals surface area contributed by atoms with E-state index in [1.54, 1.807) is 17.0 Å². The van der Waals surface area contributed by atoms with Gasteiger partial charge in [-0.15, -0.1) is 0 Å². The second-order valence-electron chi connectivity index (χ2n) is 8.83. The molecule has 0 aliphatic carbocycles. The van der Waals surface area contributed by atoms with Crippen LogP contribution in [0.15, 0.2) is 24.3 Å². The van der Waals surface area contributed by atoms with Gasteiger partial charge in [-0.25, -0.2) is 0 Å². The molecule has 154 valence electrons. The number of amides is 3. The van der Waals surface area contributed by atoms with E-state index in [0.29, 0.717) is 5.56 Å². The van der Waals surface area contributed by atoms with Crippen molar-refractivity contribution in [1.29, 1.82) is 0 Å². The van der Waals surface area contributed by atoms with Crippen molar-refractivity contribution in [2.24, 2.45) is 5.92 Å². The summed E-state index contributed by atoms with van der Waals surface area (Å²) in [6.45, 7) is 11.6. The van der Waals surface area contributed by atoms with Crippen molar-refractivity contribution < 1.29 is 14.4 Å². The lowest BCUT2D eigenvalue weighted by Gasteiger charge is -2.23. The van der Waals surface area contributed by atoms with E-state index in [-0.39, 0.29) is 35.6 Å². The Morgan fingerprint density at radius 2 is 1.61 bits per heavy atom. The van der Waals surface area contributed by atoms with E-state index in [1.807, 2.05) is 26.0 Å². The fraction of sp³-hybridized carbons (Fsp3) is 0.591. The largest absolute Gasteiger partial charge is 0.345 e. The Morgan fingerprint density at radius 1 is 1.04 bits per heavy atom. The molecule has 1 saturated heterocycles. The van der Waals surface area contributed by atoms with Crippen molar-refractivity contribution in [3.05, 3.63) is 35.4 Å².